The lowest BCUT2D eigenvalue weighted by Gasteiger charge is -2.20. The average Bonchev–Trinajstić information content (AvgIpc) is 2.39. The second-order valence-electron chi connectivity index (χ2n) is 4.49. The van der Waals surface area contributed by atoms with E-state index < -0.39 is 0 Å². The molecule has 0 fully saturated rings. The van der Waals surface area contributed by atoms with E-state index in [1.165, 1.54) is 0 Å². The summed E-state index contributed by atoms with van der Waals surface area (Å²) in [5, 5.41) is 4.04. The van der Waals surface area contributed by atoms with Gasteiger partial charge < -0.3 is 5.32 Å². The van der Waals surface area contributed by atoms with Crippen molar-refractivity contribution in [2.24, 2.45) is 0 Å². The van der Waals surface area contributed by atoms with Crippen molar-refractivity contribution >= 4 is 23.1 Å². The van der Waals surface area contributed by atoms with Gasteiger partial charge in [-0.1, -0.05) is 48.0 Å². The van der Waals surface area contributed by atoms with Gasteiger partial charge >= 0.3 is 0 Å². The van der Waals surface area contributed by atoms with Crippen LogP contribution in [0.25, 0.3) is 0 Å². The zero-order valence-electron chi connectivity index (χ0n) is 10.8. The van der Waals surface area contributed by atoms with Crippen LogP contribution in [0.1, 0.15) is 24.9 Å². The van der Waals surface area contributed by atoms with E-state index in [1.54, 1.807) is 6.92 Å². The van der Waals surface area contributed by atoms with E-state index in [1.807, 2.05) is 54.6 Å². The van der Waals surface area contributed by atoms with Crippen LogP contribution in [0.15, 0.2) is 54.6 Å². The molecule has 19 heavy (non-hydrogen) atoms. The Balaban J connectivity index is 2.26. The topological polar surface area (TPSA) is 29.1 Å². The summed E-state index contributed by atoms with van der Waals surface area (Å²) in [6.45, 7) is 1.59. The van der Waals surface area contributed by atoms with Gasteiger partial charge in [-0.15, -0.1) is 0 Å². The molecule has 0 heterocycles. The first-order valence-electron chi connectivity index (χ1n) is 6.22. The van der Waals surface area contributed by atoms with E-state index in [9.17, 15) is 4.79 Å². The van der Waals surface area contributed by atoms with E-state index in [4.69, 9.17) is 11.6 Å². The lowest BCUT2D eigenvalue weighted by atomic mass is 10.0. The molecule has 0 radical (unpaired) electrons. The van der Waals surface area contributed by atoms with Gasteiger partial charge in [-0.25, -0.2) is 0 Å². The molecule has 0 spiro atoms. The van der Waals surface area contributed by atoms with Crippen LogP contribution in [0.3, 0.4) is 0 Å². The van der Waals surface area contributed by atoms with Crippen molar-refractivity contribution in [1.82, 2.24) is 0 Å². The smallest absolute Gasteiger partial charge is 0.132 e. The molecule has 0 aliphatic rings. The Morgan fingerprint density at radius 2 is 1.74 bits per heavy atom. The van der Waals surface area contributed by atoms with Crippen LogP contribution in [0.2, 0.25) is 5.02 Å². The second-order valence-corrected chi connectivity index (χ2v) is 4.90. The molecule has 0 saturated heterocycles. The minimum absolute atomic E-state index is 0.103. The Bertz CT molecular complexity index is 554. The molecule has 0 amide bonds. The molecule has 2 aromatic rings. The average molecular weight is 274 g/mol. The van der Waals surface area contributed by atoms with Gasteiger partial charge in [0.05, 0.1) is 6.04 Å². The molecule has 0 saturated carbocycles. The predicted octanol–water partition coefficient (Wildman–Crippen LogP) is 4.47. The maximum Gasteiger partial charge on any atom is 0.132 e. The summed E-state index contributed by atoms with van der Waals surface area (Å²) >= 11 is 6.22. The van der Waals surface area contributed by atoms with E-state index in [0.29, 0.717) is 11.4 Å². The molecule has 1 atom stereocenters. The lowest BCUT2D eigenvalue weighted by molar-refractivity contribution is -0.117. The van der Waals surface area contributed by atoms with Crippen molar-refractivity contribution in [1.29, 1.82) is 0 Å². The molecule has 2 rings (SSSR count). The molecule has 2 aromatic carbocycles. The van der Waals surface area contributed by atoms with Gasteiger partial charge in [0.1, 0.15) is 5.78 Å². The highest BCUT2D eigenvalue weighted by molar-refractivity contribution is 6.31. The van der Waals surface area contributed by atoms with Crippen molar-refractivity contribution in [2.45, 2.75) is 19.4 Å². The third-order valence-corrected chi connectivity index (χ3v) is 3.23. The van der Waals surface area contributed by atoms with E-state index in [0.717, 1.165) is 11.3 Å². The number of para-hydroxylation sites is 1. The maximum absolute atomic E-state index is 11.4. The molecule has 0 aliphatic carbocycles. The minimum Gasteiger partial charge on any atom is -0.378 e. The number of benzene rings is 2. The largest absolute Gasteiger partial charge is 0.378 e. The predicted molar refractivity (Wildman–Crippen MR) is 79.6 cm³/mol. The van der Waals surface area contributed by atoms with Gasteiger partial charge in [-0.2, -0.15) is 0 Å². The van der Waals surface area contributed by atoms with E-state index in [2.05, 4.69) is 5.32 Å². The Morgan fingerprint density at radius 3 is 2.37 bits per heavy atom. The first-order valence-corrected chi connectivity index (χ1v) is 6.60. The standard InChI is InChI=1S/C16H16ClNO/c1-12(19)11-16(14-9-5-6-10-15(14)17)18-13-7-3-2-4-8-13/h2-10,16,18H,11H2,1H3. The molecule has 1 unspecified atom stereocenters. The molecule has 0 bridgehead atoms. The zero-order chi connectivity index (χ0) is 13.7. The second kappa shape index (κ2) is 6.39. The van der Waals surface area contributed by atoms with Gasteiger partial charge in [0.25, 0.3) is 0 Å². The highest BCUT2D eigenvalue weighted by Crippen LogP contribution is 2.28. The summed E-state index contributed by atoms with van der Waals surface area (Å²) in [6, 6.07) is 17.3. The van der Waals surface area contributed by atoms with Crippen molar-refractivity contribution in [3.05, 3.63) is 65.2 Å². The lowest BCUT2D eigenvalue weighted by Crippen LogP contribution is -2.14. The SMILES string of the molecule is CC(=O)CC(Nc1ccccc1)c1ccccc1Cl. The number of carbonyl (C=O) groups is 1. The van der Waals surface area contributed by atoms with Gasteiger partial charge in [0, 0.05) is 17.1 Å². The molecular formula is C16H16ClNO. The van der Waals surface area contributed by atoms with Gasteiger partial charge in [0.15, 0.2) is 0 Å². The molecule has 98 valence electrons. The highest BCUT2D eigenvalue weighted by Gasteiger charge is 2.16. The number of hydrogen-bond donors (Lipinski definition) is 1. The molecule has 3 heteroatoms. The fraction of sp³-hybridized carbons (Fsp3) is 0.188. The Kier molecular flexibility index (Phi) is 4.58. The van der Waals surface area contributed by atoms with Crippen LogP contribution in [-0.2, 0) is 4.79 Å². The third kappa shape index (κ3) is 3.83. The number of rotatable bonds is 5. The number of hydrogen-bond acceptors (Lipinski definition) is 2. The Hall–Kier alpha value is -1.80. The number of anilines is 1. The van der Waals surface area contributed by atoms with Gasteiger partial charge in [-0.05, 0) is 30.7 Å². The van der Waals surface area contributed by atoms with Crippen LogP contribution in [0, 0.1) is 0 Å². The van der Waals surface area contributed by atoms with E-state index >= 15 is 0 Å². The van der Waals surface area contributed by atoms with Crippen LogP contribution < -0.4 is 5.32 Å². The quantitative estimate of drug-likeness (QED) is 0.871. The van der Waals surface area contributed by atoms with E-state index in [-0.39, 0.29) is 11.8 Å². The summed E-state index contributed by atoms with van der Waals surface area (Å²) in [6.07, 6.45) is 0.415. The first kappa shape index (κ1) is 13.6. The summed E-state index contributed by atoms with van der Waals surface area (Å²) in [4.78, 5) is 11.4. The Labute approximate surface area is 118 Å². The maximum atomic E-state index is 11.4. The van der Waals surface area contributed by atoms with Crippen LogP contribution in [-0.4, -0.2) is 5.78 Å². The monoisotopic (exact) mass is 273 g/mol. The highest BCUT2D eigenvalue weighted by atomic mass is 35.5. The van der Waals surface area contributed by atoms with Gasteiger partial charge in [0.2, 0.25) is 0 Å². The molecular weight excluding hydrogens is 258 g/mol. The summed E-state index contributed by atoms with van der Waals surface area (Å²) in [5.41, 5.74) is 1.93. The van der Waals surface area contributed by atoms with Crippen molar-refractivity contribution in [3.8, 4) is 0 Å². The van der Waals surface area contributed by atoms with Crippen molar-refractivity contribution in [3.63, 3.8) is 0 Å². The van der Waals surface area contributed by atoms with Crippen LogP contribution >= 0.6 is 11.6 Å². The normalized spacial score (nSPS) is 11.9. The number of ketones is 1. The van der Waals surface area contributed by atoms with Crippen molar-refractivity contribution in [2.75, 3.05) is 5.32 Å². The fourth-order valence-corrected chi connectivity index (χ4v) is 2.29. The molecule has 0 aliphatic heterocycles. The Morgan fingerprint density at radius 1 is 1.11 bits per heavy atom. The number of carbonyl (C=O) groups excluding carboxylic acids is 1. The number of Topliss-reactive ketones (excluding diaryl/α,β-unsaturated/α-hetero) is 1. The number of halogens is 1. The number of nitrogens with one attached hydrogen (secondary N) is 1. The zero-order valence-corrected chi connectivity index (χ0v) is 11.5. The third-order valence-electron chi connectivity index (χ3n) is 2.89. The fourth-order valence-electron chi connectivity index (χ4n) is 2.02. The first-order chi connectivity index (χ1) is 9.16. The van der Waals surface area contributed by atoms with Crippen LogP contribution in [0.4, 0.5) is 5.69 Å². The summed E-state index contributed by atoms with van der Waals surface area (Å²) in [7, 11) is 0. The van der Waals surface area contributed by atoms with Crippen molar-refractivity contribution < 1.29 is 4.79 Å². The van der Waals surface area contributed by atoms with Crippen LogP contribution in [0.5, 0.6) is 0 Å². The molecule has 1 N–H and O–H groups in total. The minimum atomic E-state index is -0.103. The summed E-state index contributed by atoms with van der Waals surface area (Å²) < 4.78 is 0. The summed E-state index contributed by atoms with van der Waals surface area (Å²) in [5.74, 6) is 0.133. The van der Waals surface area contributed by atoms with Gasteiger partial charge in [-0.3, -0.25) is 4.79 Å². The molecule has 2 nitrogen and oxygen atoms in total. The molecule has 0 aromatic heterocycles.